The Hall–Kier alpha value is -1.70. The van der Waals surface area contributed by atoms with Crippen molar-refractivity contribution in [2.24, 2.45) is 0 Å². The molecule has 23 heavy (non-hydrogen) atoms. The molecule has 1 heterocycles. The van der Waals surface area contributed by atoms with Crippen LogP contribution < -0.4 is 0 Å². The van der Waals surface area contributed by atoms with Crippen molar-refractivity contribution < 1.29 is 23.4 Å². The first-order valence-corrected chi connectivity index (χ1v) is 8.85. The summed E-state index contributed by atoms with van der Waals surface area (Å²) in [6.07, 6.45) is 1.12. The van der Waals surface area contributed by atoms with Gasteiger partial charge in [0, 0.05) is 25.9 Å². The Balaban J connectivity index is 2.22. The highest BCUT2D eigenvalue weighted by atomic mass is 32.2. The Bertz CT molecular complexity index is 688. The van der Waals surface area contributed by atoms with Gasteiger partial charge in [-0.15, -0.1) is 6.58 Å². The van der Waals surface area contributed by atoms with Gasteiger partial charge in [-0.25, -0.2) is 17.5 Å². The molecular weight excluding hydrogens is 318 g/mol. The van der Waals surface area contributed by atoms with Gasteiger partial charge in [0.1, 0.15) is 5.25 Å². The van der Waals surface area contributed by atoms with Gasteiger partial charge in [-0.2, -0.15) is 0 Å². The fraction of sp³-hybridized carbons (Fsp3) is 0.438. The van der Waals surface area contributed by atoms with Gasteiger partial charge >= 0.3 is 5.97 Å². The lowest BCUT2D eigenvalue weighted by Gasteiger charge is -2.36. The van der Waals surface area contributed by atoms with E-state index in [-0.39, 0.29) is 25.9 Å². The number of carboxylic acids is 1. The standard InChI is InChI=1S/C16H21NO5S/c1-3-14(13-6-4-12(2)5-7-13)23(21,22)17-10-8-16(20,9-11-17)15(18)19/h3-7,14,20H,1,8-11H2,2H3,(H,18,19). The Morgan fingerprint density at radius 1 is 1.30 bits per heavy atom. The molecule has 0 aliphatic carbocycles. The number of hydrogen-bond donors (Lipinski definition) is 2. The van der Waals surface area contributed by atoms with Crippen molar-refractivity contribution >= 4 is 16.0 Å². The zero-order valence-corrected chi connectivity index (χ0v) is 13.8. The molecule has 1 atom stereocenters. The van der Waals surface area contributed by atoms with Crippen LogP contribution in [0.15, 0.2) is 36.9 Å². The maximum atomic E-state index is 12.8. The van der Waals surface area contributed by atoms with Crippen molar-refractivity contribution in [2.45, 2.75) is 30.6 Å². The van der Waals surface area contributed by atoms with Crippen molar-refractivity contribution in [3.63, 3.8) is 0 Å². The van der Waals surface area contributed by atoms with E-state index in [1.54, 1.807) is 12.1 Å². The van der Waals surface area contributed by atoms with Crippen LogP contribution in [0, 0.1) is 6.92 Å². The second-order valence-electron chi connectivity index (χ2n) is 5.85. The molecule has 2 N–H and O–H groups in total. The van der Waals surface area contributed by atoms with Crippen molar-refractivity contribution in [3.05, 3.63) is 48.0 Å². The molecule has 126 valence electrons. The largest absolute Gasteiger partial charge is 0.479 e. The summed E-state index contributed by atoms with van der Waals surface area (Å²) in [5, 5.41) is 18.1. The molecule has 1 aliphatic rings. The number of aryl methyl sites for hydroxylation is 1. The number of carboxylic acid groups (broad SMARTS) is 1. The summed E-state index contributed by atoms with van der Waals surface area (Å²) in [5.74, 6) is -1.31. The quantitative estimate of drug-likeness (QED) is 0.792. The molecule has 1 aromatic carbocycles. The third kappa shape index (κ3) is 3.46. The van der Waals surface area contributed by atoms with Crippen LogP contribution in [0.3, 0.4) is 0 Å². The third-order valence-corrected chi connectivity index (χ3v) is 6.44. The number of sulfonamides is 1. The van der Waals surface area contributed by atoms with Crippen LogP contribution in [0.25, 0.3) is 0 Å². The smallest absolute Gasteiger partial charge is 0.335 e. The van der Waals surface area contributed by atoms with E-state index in [4.69, 9.17) is 5.11 Å². The first-order valence-electron chi connectivity index (χ1n) is 7.34. The molecule has 1 aromatic rings. The molecule has 0 aromatic heterocycles. The predicted molar refractivity (Wildman–Crippen MR) is 86.4 cm³/mol. The Morgan fingerprint density at radius 3 is 2.26 bits per heavy atom. The van der Waals surface area contributed by atoms with Gasteiger partial charge in [0.2, 0.25) is 10.0 Å². The maximum Gasteiger partial charge on any atom is 0.335 e. The Labute approximate surface area is 136 Å². The molecule has 7 heteroatoms. The number of rotatable bonds is 5. The van der Waals surface area contributed by atoms with Crippen LogP contribution in [-0.4, -0.2) is 47.6 Å². The number of aliphatic carboxylic acids is 1. The van der Waals surface area contributed by atoms with Crippen molar-refractivity contribution in [3.8, 4) is 0 Å². The maximum absolute atomic E-state index is 12.8. The zero-order chi connectivity index (χ0) is 17.3. The van der Waals surface area contributed by atoms with Crippen LogP contribution in [0.5, 0.6) is 0 Å². The molecule has 0 amide bonds. The summed E-state index contributed by atoms with van der Waals surface area (Å²) in [7, 11) is -3.70. The minimum absolute atomic E-state index is 0.0265. The normalized spacial score (nSPS) is 19.9. The van der Waals surface area contributed by atoms with Crippen LogP contribution in [0.4, 0.5) is 0 Å². The molecule has 1 aliphatic heterocycles. The third-order valence-electron chi connectivity index (χ3n) is 4.25. The summed E-state index contributed by atoms with van der Waals surface area (Å²) in [4.78, 5) is 11.0. The molecule has 0 radical (unpaired) electrons. The van der Waals surface area contributed by atoms with Gasteiger partial charge in [0.15, 0.2) is 5.60 Å². The van der Waals surface area contributed by atoms with Gasteiger partial charge in [-0.3, -0.25) is 0 Å². The molecule has 1 fully saturated rings. The van der Waals surface area contributed by atoms with Crippen molar-refractivity contribution in [1.29, 1.82) is 0 Å². The average molecular weight is 339 g/mol. The zero-order valence-electron chi connectivity index (χ0n) is 13.0. The molecular formula is C16H21NO5S. The van der Waals surface area contributed by atoms with E-state index >= 15 is 0 Å². The highest BCUT2D eigenvalue weighted by Crippen LogP contribution is 2.31. The van der Waals surface area contributed by atoms with Gasteiger partial charge in [0.05, 0.1) is 0 Å². The number of aliphatic hydroxyl groups is 1. The number of nitrogens with zero attached hydrogens (tertiary/aromatic N) is 1. The fourth-order valence-corrected chi connectivity index (χ4v) is 4.43. The van der Waals surface area contributed by atoms with E-state index in [1.165, 1.54) is 10.4 Å². The minimum atomic E-state index is -3.70. The lowest BCUT2D eigenvalue weighted by molar-refractivity contribution is -0.162. The molecule has 1 unspecified atom stereocenters. The van der Waals surface area contributed by atoms with Crippen LogP contribution in [0.1, 0.15) is 29.2 Å². The SMILES string of the molecule is C=CC(c1ccc(C)cc1)S(=O)(=O)N1CCC(O)(C(=O)O)CC1. The number of piperidine rings is 1. The molecule has 6 nitrogen and oxygen atoms in total. The first-order chi connectivity index (χ1) is 10.7. The first kappa shape index (κ1) is 17.7. The van der Waals surface area contributed by atoms with Gasteiger partial charge in [-0.05, 0) is 12.5 Å². The summed E-state index contributed by atoms with van der Waals surface area (Å²) in [6.45, 7) is 5.49. The second-order valence-corrected chi connectivity index (χ2v) is 7.90. The second kappa shape index (κ2) is 6.43. The highest BCUT2D eigenvalue weighted by molar-refractivity contribution is 7.89. The number of hydrogen-bond acceptors (Lipinski definition) is 4. The van der Waals surface area contributed by atoms with Crippen LogP contribution in [-0.2, 0) is 14.8 Å². The summed E-state index contributed by atoms with van der Waals surface area (Å²) in [6, 6.07) is 7.16. The van der Waals surface area contributed by atoms with E-state index in [1.807, 2.05) is 19.1 Å². The molecule has 2 rings (SSSR count). The van der Waals surface area contributed by atoms with Gasteiger partial charge < -0.3 is 10.2 Å². The van der Waals surface area contributed by atoms with Gasteiger partial charge in [0.25, 0.3) is 0 Å². The van der Waals surface area contributed by atoms with E-state index in [0.717, 1.165) is 5.56 Å². The van der Waals surface area contributed by atoms with E-state index in [9.17, 15) is 18.3 Å². The summed E-state index contributed by atoms with van der Waals surface area (Å²) < 4.78 is 26.9. The number of carbonyl (C=O) groups is 1. The summed E-state index contributed by atoms with van der Waals surface area (Å²) >= 11 is 0. The lowest BCUT2D eigenvalue weighted by Crippen LogP contribution is -2.51. The molecule has 0 bridgehead atoms. The molecule has 1 saturated heterocycles. The summed E-state index contributed by atoms with van der Waals surface area (Å²) in [5.41, 5.74) is -0.206. The topological polar surface area (TPSA) is 94.9 Å². The van der Waals surface area contributed by atoms with Crippen LogP contribution in [0.2, 0.25) is 0 Å². The lowest BCUT2D eigenvalue weighted by atomic mass is 9.93. The fourth-order valence-electron chi connectivity index (χ4n) is 2.67. The molecule has 0 spiro atoms. The van der Waals surface area contributed by atoms with E-state index in [0.29, 0.717) is 5.56 Å². The minimum Gasteiger partial charge on any atom is -0.479 e. The van der Waals surface area contributed by atoms with E-state index < -0.39 is 26.8 Å². The Morgan fingerprint density at radius 2 is 1.83 bits per heavy atom. The monoisotopic (exact) mass is 339 g/mol. The average Bonchev–Trinajstić information content (AvgIpc) is 2.50. The molecule has 0 saturated carbocycles. The number of benzene rings is 1. The van der Waals surface area contributed by atoms with Gasteiger partial charge in [-0.1, -0.05) is 35.9 Å². The highest BCUT2D eigenvalue weighted by Gasteiger charge is 2.43. The van der Waals surface area contributed by atoms with Crippen molar-refractivity contribution in [1.82, 2.24) is 4.31 Å². The van der Waals surface area contributed by atoms with Crippen molar-refractivity contribution in [2.75, 3.05) is 13.1 Å². The Kier molecular flexibility index (Phi) is 4.93. The predicted octanol–water partition coefficient (Wildman–Crippen LogP) is 1.46. The van der Waals surface area contributed by atoms with Crippen LogP contribution >= 0.6 is 0 Å². The van der Waals surface area contributed by atoms with E-state index in [2.05, 4.69) is 6.58 Å².